The highest BCUT2D eigenvalue weighted by molar-refractivity contribution is 5.56. The minimum absolute atomic E-state index is 0.176. The van der Waals surface area contributed by atoms with E-state index in [1.807, 2.05) is 0 Å². The molecule has 1 atom stereocenters. The van der Waals surface area contributed by atoms with Crippen LogP contribution in [0.1, 0.15) is 18.7 Å². The molecule has 0 saturated carbocycles. The molecule has 1 unspecified atom stereocenters. The maximum atomic E-state index is 13.7. The van der Waals surface area contributed by atoms with E-state index < -0.39 is 5.82 Å². The third kappa shape index (κ3) is 3.26. The average molecular weight is 307 g/mol. The second kappa shape index (κ2) is 6.41. The van der Waals surface area contributed by atoms with E-state index in [1.165, 1.54) is 19.2 Å². The van der Waals surface area contributed by atoms with Gasteiger partial charge in [0.05, 0.1) is 19.8 Å². The summed E-state index contributed by atoms with van der Waals surface area (Å²) >= 11 is 0. The average Bonchev–Trinajstić information content (AvgIpc) is 2.95. The zero-order valence-electron chi connectivity index (χ0n) is 12.3. The van der Waals surface area contributed by atoms with Gasteiger partial charge < -0.3 is 14.4 Å². The molecular formula is C15H18FN3O3. The summed E-state index contributed by atoms with van der Waals surface area (Å²) in [5, 5.41) is 13.5. The van der Waals surface area contributed by atoms with E-state index in [-0.39, 0.29) is 11.9 Å². The third-order valence-electron chi connectivity index (χ3n) is 3.72. The molecule has 118 valence electrons. The lowest BCUT2D eigenvalue weighted by Crippen LogP contribution is -2.37. The van der Waals surface area contributed by atoms with Crippen molar-refractivity contribution in [2.24, 2.45) is 0 Å². The first-order valence-corrected chi connectivity index (χ1v) is 7.22. The normalized spacial score (nSPS) is 19.3. The van der Waals surface area contributed by atoms with Gasteiger partial charge >= 0.3 is 0 Å². The van der Waals surface area contributed by atoms with Crippen LogP contribution in [0.2, 0.25) is 0 Å². The summed E-state index contributed by atoms with van der Waals surface area (Å²) in [6, 6.07) is 4.53. The first-order chi connectivity index (χ1) is 10.7. The van der Waals surface area contributed by atoms with Crippen molar-refractivity contribution in [2.75, 3.05) is 20.2 Å². The van der Waals surface area contributed by atoms with Gasteiger partial charge in [0.15, 0.2) is 11.6 Å². The number of hydrogen-bond donors (Lipinski definition) is 1. The standard InChI is InChI=1S/C15H18FN3O3/c1-21-13-5-4-10(7-12(13)16)15-17-14(22-18-15)9-19-6-2-3-11(20)8-19/h4-5,7,11,20H,2-3,6,8-9H2,1H3. The van der Waals surface area contributed by atoms with Crippen molar-refractivity contribution in [3.05, 3.63) is 29.9 Å². The van der Waals surface area contributed by atoms with Gasteiger partial charge in [-0.2, -0.15) is 4.98 Å². The predicted octanol–water partition coefficient (Wildman–Crippen LogP) is 1.84. The monoisotopic (exact) mass is 307 g/mol. The number of halogens is 1. The van der Waals surface area contributed by atoms with Crippen LogP contribution in [-0.2, 0) is 6.54 Å². The molecule has 1 aromatic carbocycles. The van der Waals surface area contributed by atoms with E-state index in [1.54, 1.807) is 6.07 Å². The van der Waals surface area contributed by atoms with Gasteiger partial charge in [0, 0.05) is 12.1 Å². The summed E-state index contributed by atoms with van der Waals surface area (Å²) < 4.78 is 23.8. The molecule has 2 aromatic rings. The summed E-state index contributed by atoms with van der Waals surface area (Å²) in [6.45, 7) is 1.99. The van der Waals surface area contributed by atoms with Crippen LogP contribution in [0.15, 0.2) is 22.7 Å². The molecule has 6 nitrogen and oxygen atoms in total. The smallest absolute Gasteiger partial charge is 0.241 e. The van der Waals surface area contributed by atoms with Crippen LogP contribution >= 0.6 is 0 Å². The van der Waals surface area contributed by atoms with Crippen molar-refractivity contribution < 1.29 is 18.8 Å². The lowest BCUT2D eigenvalue weighted by atomic mass is 10.1. The topological polar surface area (TPSA) is 71.6 Å². The van der Waals surface area contributed by atoms with Crippen LogP contribution in [0.3, 0.4) is 0 Å². The van der Waals surface area contributed by atoms with Crippen molar-refractivity contribution in [2.45, 2.75) is 25.5 Å². The maximum Gasteiger partial charge on any atom is 0.241 e. The number of likely N-dealkylation sites (tertiary alicyclic amines) is 1. The second-order valence-electron chi connectivity index (χ2n) is 5.39. The Bertz CT molecular complexity index is 647. The Balaban J connectivity index is 1.72. The summed E-state index contributed by atoms with van der Waals surface area (Å²) in [7, 11) is 1.41. The SMILES string of the molecule is COc1ccc(-c2noc(CN3CCCC(O)C3)n2)cc1F. The van der Waals surface area contributed by atoms with Gasteiger partial charge in [0.2, 0.25) is 11.7 Å². The number of hydrogen-bond acceptors (Lipinski definition) is 6. The van der Waals surface area contributed by atoms with Crippen molar-refractivity contribution in [3.8, 4) is 17.1 Å². The highest BCUT2D eigenvalue weighted by Crippen LogP contribution is 2.24. The first-order valence-electron chi connectivity index (χ1n) is 7.22. The predicted molar refractivity (Wildman–Crippen MR) is 76.8 cm³/mol. The van der Waals surface area contributed by atoms with Gasteiger partial charge in [0.25, 0.3) is 0 Å². The fraction of sp³-hybridized carbons (Fsp3) is 0.467. The number of piperidine rings is 1. The van der Waals surface area contributed by atoms with Crippen LogP contribution in [0.4, 0.5) is 4.39 Å². The molecule has 0 bridgehead atoms. The maximum absolute atomic E-state index is 13.7. The summed E-state index contributed by atoms with van der Waals surface area (Å²) in [4.78, 5) is 6.36. The molecule has 0 radical (unpaired) electrons. The van der Waals surface area contributed by atoms with Crippen molar-refractivity contribution in [1.29, 1.82) is 0 Å². The number of aliphatic hydroxyl groups is 1. The van der Waals surface area contributed by atoms with Crippen LogP contribution in [-0.4, -0.2) is 46.5 Å². The van der Waals surface area contributed by atoms with Crippen LogP contribution in [0, 0.1) is 5.82 Å². The molecule has 1 N–H and O–H groups in total. The van der Waals surface area contributed by atoms with Crippen molar-refractivity contribution >= 4 is 0 Å². The number of nitrogens with zero attached hydrogens (tertiary/aromatic N) is 3. The summed E-state index contributed by atoms with van der Waals surface area (Å²) in [5.41, 5.74) is 0.534. The van der Waals surface area contributed by atoms with E-state index in [2.05, 4.69) is 15.0 Å². The highest BCUT2D eigenvalue weighted by Gasteiger charge is 2.20. The molecule has 3 rings (SSSR count). The Morgan fingerprint density at radius 3 is 3.09 bits per heavy atom. The Morgan fingerprint density at radius 1 is 1.50 bits per heavy atom. The molecule has 22 heavy (non-hydrogen) atoms. The molecular weight excluding hydrogens is 289 g/mol. The fourth-order valence-electron chi connectivity index (χ4n) is 2.61. The molecule has 2 heterocycles. The number of β-amino-alcohol motifs (C(OH)–C–C–N with tert-alkyl or cyclic N) is 1. The number of aromatic nitrogens is 2. The van der Waals surface area contributed by atoms with Crippen LogP contribution in [0.5, 0.6) is 5.75 Å². The molecule has 0 amide bonds. The van der Waals surface area contributed by atoms with Crippen molar-refractivity contribution in [1.82, 2.24) is 15.0 Å². The first kappa shape index (κ1) is 14.9. The lowest BCUT2D eigenvalue weighted by Gasteiger charge is -2.28. The number of ether oxygens (including phenoxy) is 1. The molecule has 1 saturated heterocycles. The van der Waals surface area contributed by atoms with Gasteiger partial charge in [0.1, 0.15) is 0 Å². The molecule has 1 aliphatic heterocycles. The van der Waals surface area contributed by atoms with E-state index in [4.69, 9.17) is 9.26 Å². The molecule has 7 heteroatoms. The number of benzene rings is 1. The Morgan fingerprint density at radius 2 is 2.36 bits per heavy atom. The second-order valence-corrected chi connectivity index (χ2v) is 5.39. The van der Waals surface area contributed by atoms with E-state index in [0.29, 0.717) is 30.4 Å². The number of methoxy groups -OCH3 is 1. The Hall–Kier alpha value is -1.99. The summed E-state index contributed by atoms with van der Waals surface area (Å²) in [5.74, 6) is 0.509. The Kier molecular flexibility index (Phi) is 4.35. The van der Waals surface area contributed by atoms with Crippen LogP contribution in [0.25, 0.3) is 11.4 Å². The van der Waals surface area contributed by atoms with Gasteiger partial charge in [-0.1, -0.05) is 5.16 Å². The van der Waals surface area contributed by atoms with Gasteiger partial charge in [-0.15, -0.1) is 0 Å². The molecule has 1 aromatic heterocycles. The summed E-state index contributed by atoms with van der Waals surface area (Å²) in [6.07, 6.45) is 1.48. The molecule has 0 spiro atoms. The van der Waals surface area contributed by atoms with Gasteiger partial charge in [-0.05, 0) is 37.6 Å². The Labute approximate surface area is 127 Å². The third-order valence-corrected chi connectivity index (χ3v) is 3.72. The highest BCUT2D eigenvalue weighted by atomic mass is 19.1. The molecule has 1 aliphatic rings. The van der Waals surface area contributed by atoms with E-state index in [0.717, 1.165) is 19.4 Å². The fourth-order valence-corrected chi connectivity index (χ4v) is 2.61. The quantitative estimate of drug-likeness (QED) is 0.929. The van der Waals surface area contributed by atoms with E-state index >= 15 is 0 Å². The minimum atomic E-state index is -0.467. The van der Waals surface area contributed by atoms with E-state index in [9.17, 15) is 9.50 Å². The molecule has 1 fully saturated rings. The zero-order valence-corrected chi connectivity index (χ0v) is 12.3. The lowest BCUT2D eigenvalue weighted by molar-refractivity contribution is 0.0613. The number of aliphatic hydroxyl groups excluding tert-OH is 1. The largest absolute Gasteiger partial charge is 0.494 e. The zero-order chi connectivity index (χ0) is 15.5. The number of rotatable bonds is 4. The minimum Gasteiger partial charge on any atom is -0.494 e. The van der Waals surface area contributed by atoms with Gasteiger partial charge in [-0.25, -0.2) is 4.39 Å². The van der Waals surface area contributed by atoms with Gasteiger partial charge in [-0.3, -0.25) is 4.90 Å². The molecule has 0 aliphatic carbocycles. The van der Waals surface area contributed by atoms with Crippen LogP contribution < -0.4 is 4.74 Å². The van der Waals surface area contributed by atoms with Crippen molar-refractivity contribution in [3.63, 3.8) is 0 Å².